The van der Waals surface area contributed by atoms with Gasteiger partial charge in [0.15, 0.2) is 0 Å². The molecular formula is C29H20BrNO7. The van der Waals surface area contributed by atoms with E-state index in [9.17, 15) is 24.0 Å². The van der Waals surface area contributed by atoms with Gasteiger partial charge in [0.1, 0.15) is 0 Å². The highest BCUT2D eigenvalue weighted by atomic mass is 79.9. The lowest BCUT2D eigenvalue weighted by Crippen LogP contribution is -2.51. The highest BCUT2D eigenvalue weighted by Crippen LogP contribution is 2.57. The summed E-state index contributed by atoms with van der Waals surface area (Å²) in [7, 11) is 0. The van der Waals surface area contributed by atoms with Crippen molar-refractivity contribution in [2.75, 3.05) is 11.5 Å². The first kappa shape index (κ1) is 24.4. The smallest absolute Gasteiger partial charge is 0.338 e. The minimum absolute atomic E-state index is 0.171. The number of ketones is 2. The molecule has 2 amide bonds. The van der Waals surface area contributed by atoms with Crippen LogP contribution in [0.3, 0.4) is 0 Å². The fourth-order valence-electron chi connectivity index (χ4n) is 5.69. The summed E-state index contributed by atoms with van der Waals surface area (Å²) in [5, 5.41) is 0. The van der Waals surface area contributed by atoms with E-state index < -0.39 is 52.9 Å². The van der Waals surface area contributed by atoms with Gasteiger partial charge in [0, 0.05) is 15.6 Å². The van der Waals surface area contributed by atoms with E-state index in [0.717, 1.165) is 9.37 Å². The van der Waals surface area contributed by atoms with Crippen LogP contribution in [-0.4, -0.2) is 41.6 Å². The number of hydrogen-bond acceptors (Lipinski definition) is 7. The van der Waals surface area contributed by atoms with Gasteiger partial charge in [0.05, 0.1) is 35.8 Å². The van der Waals surface area contributed by atoms with Crippen molar-refractivity contribution in [3.8, 4) is 0 Å². The average molecular weight is 574 g/mol. The van der Waals surface area contributed by atoms with Gasteiger partial charge in [-0.25, -0.2) is 9.69 Å². The van der Waals surface area contributed by atoms with Crippen molar-refractivity contribution in [1.29, 1.82) is 0 Å². The van der Waals surface area contributed by atoms with Gasteiger partial charge in [-0.1, -0.05) is 52.3 Å². The van der Waals surface area contributed by atoms with Gasteiger partial charge >= 0.3 is 5.97 Å². The van der Waals surface area contributed by atoms with Crippen LogP contribution in [0.1, 0.15) is 49.7 Å². The SMILES string of the molecule is CCOC(=O)c1ccc(N2C(=O)[C@@H]3[C@@H](c4ccc(Br)cc4)OC4(C(=O)c5ccccc5C4=O)[C@@H]3C2=O)cc1. The molecule has 3 aromatic carbocycles. The maximum atomic E-state index is 14.0. The number of nitrogens with zero attached hydrogens (tertiary/aromatic N) is 1. The number of esters is 1. The topological polar surface area (TPSA) is 107 Å². The Morgan fingerprint density at radius 3 is 2.08 bits per heavy atom. The molecule has 0 saturated carbocycles. The molecule has 0 N–H and O–H groups in total. The number of hydrogen-bond donors (Lipinski definition) is 0. The number of benzene rings is 3. The Bertz CT molecular complexity index is 1490. The molecule has 2 heterocycles. The van der Waals surface area contributed by atoms with Crippen molar-refractivity contribution in [2.24, 2.45) is 11.8 Å². The minimum Gasteiger partial charge on any atom is -0.462 e. The number of amides is 2. The monoisotopic (exact) mass is 573 g/mol. The van der Waals surface area contributed by atoms with Crippen LogP contribution in [0, 0.1) is 11.8 Å². The van der Waals surface area contributed by atoms with E-state index in [1.807, 2.05) is 0 Å². The van der Waals surface area contributed by atoms with E-state index in [-0.39, 0.29) is 29.0 Å². The summed E-state index contributed by atoms with van der Waals surface area (Å²) < 4.78 is 12.1. The third-order valence-electron chi connectivity index (χ3n) is 7.35. The molecule has 3 atom stereocenters. The van der Waals surface area contributed by atoms with E-state index in [2.05, 4.69) is 15.9 Å². The predicted octanol–water partition coefficient (Wildman–Crippen LogP) is 4.32. The third kappa shape index (κ3) is 3.28. The average Bonchev–Trinajstić information content (AvgIpc) is 3.49. The summed E-state index contributed by atoms with van der Waals surface area (Å²) in [6.07, 6.45) is -1.00. The Balaban J connectivity index is 1.46. The first-order valence-corrected chi connectivity index (χ1v) is 12.9. The van der Waals surface area contributed by atoms with E-state index in [0.29, 0.717) is 5.56 Å². The summed E-state index contributed by atoms with van der Waals surface area (Å²) in [6.45, 7) is 1.90. The van der Waals surface area contributed by atoms with Crippen molar-refractivity contribution in [3.05, 3.63) is 99.5 Å². The van der Waals surface area contributed by atoms with E-state index in [4.69, 9.17) is 9.47 Å². The molecule has 2 fully saturated rings. The number of anilines is 1. The first-order valence-electron chi connectivity index (χ1n) is 12.1. The summed E-state index contributed by atoms with van der Waals surface area (Å²) in [5.41, 5.74) is -0.743. The Morgan fingerprint density at radius 1 is 0.895 bits per heavy atom. The number of halogens is 1. The van der Waals surface area contributed by atoms with Gasteiger partial charge in [-0.3, -0.25) is 19.2 Å². The number of imide groups is 1. The molecule has 9 heteroatoms. The quantitative estimate of drug-likeness (QED) is 0.260. The van der Waals surface area contributed by atoms with Crippen LogP contribution in [0.5, 0.6) is 0 Å². The number of carbonyl (C=O) groups excluding carboxylic acids is 5. The lowest BCUT2D eigenvalue weighted by molar-refractivity contribution is -0.127. The molecule has 8 nitrogen and oxygen atoms in total. The van der Waals surface area contributed by atoms with Crippen molar-refractivity contribution in [2.45, 2.75) is 18.6 Å². The van der Waals surface area contributed by atoms with Crippen LogP contribution in [0.25, 0.3) is 0 Å². The molecule has 1 spiro atoms. The van der Waals surface area contributed by atoms with E-state index >= 15 is 0 Å². The molecular weight excluding hydrogens is 554 g/mol. The number of rotatable bonds is 4. The van der Waals surface area contributed by atoms with Gasteiger partial charge in [-0.05, 0) is 48.9 Å². The highest BCUT2D eigenvalue weighted by molar-refractivity contribution is 9.10. The fourth-order valence-corrected chi connectivity index (χ4v) is 5.95. The number of ether oxygens (including phenoxy) is 2. The fraction of sp³-hybridized carbons (Fsp3) is 0.207. The molecule has 3 aromatic rings. The molecule has 1 aliphatic carbocycles. The molecule has 190 valence electrons. The Morgan fingerprint density at radius 2 is 1.50 bits per heavy atom. The number of fused-ring (bicyclic) bond motifs is 3. The second-order valence-electron chi connectivity index (χ2n) is 9.31. The van der Waals surface area contributed by atoms with Crippen LogP contribution >= 0.6 is 15.9 Å². The van der Waals surface area contributed by atoms with Crippen molar-refractivity contribution in [3.63, 3.8) is 0 Å². The van der Waals surface area contributed by atoms with Crippen LogP contribution < -0.4 is 4.90 Å². The van der Waals surface area contributed by atoms with Gasteiger partial charge in [0.25, 0.3) is 0 Å². The zero-order chi connectivity index (χ0) is 26.8. The second kappa shape index (κ2) is 8.82. The molecule has 0 radical (unpaired) electrons. The Labute approximate surface area is 225 Å². The summed E-state index contributed by atoms with van der Waals surface area (Å²) in [4.78, 5) is 68.5. The molecule has 0 aromatic heterocycles. The highest BCUT2D eigenvalue weighted by Gasteiger charge is 2.74. The van der Waals surface area contributed by atoms with Gasteiger partial charge in [-0.15, -0.1) is 0 Å². The van der Waals surface area contributed by atoms with Crippen LogP contribution in [0.2, 0.25) is 0 Å². The number of carbonyl (C=O) groups is 5. The molecule has 38 heavy (non-hydrogen) atoms. The lowest BCUT2D eigenvalue weighted by atomic mass is 9.77. The normalized spacial score (nSPS) is 23.2. The zero-order valence-corrected chi connectivity index (χ0v) is 21.6. The van der Waals surface area contributed by atoms with Gasteiger partial charge in [0.2, 0.25) is 29.0 Å². The maximum absolute atomic E-state index is 14.0. The first-order chi connectivity index (χ1) is 18.3. The van der Waals surface area contributed by atoms with Crippen LogP contribution in [0.15, 0.2) is 77.3 Å². The summed E-state index contributed by atoms with van der Waals surface area (Å²) in [6, 6.07) is 19.2. The predicted molar refractivity (Wildman–Crippen MR) is 138 cm³/mol. The van der Waals surface area contributed by atoms with E-state index in [1.54, 1.807) is 43.3 Å². The third-order valence-corrected chi connectivity index (χ3v) is 7.88. The molecule has 6 rings (SSSR count). The van der Waals surface area contributed by atoms with Gasteiger partial charge < -0.3 is 9.47 Å². The molecule has 2 saturated heterocycles. The van der Waals surface area contributed by atoms with Crippen LogP contribution in [0.4, 0.5) is 5.69 Å². The summed E-state index contributed by atoms with van der Waals surface area (Å²) in [5.74, 6) is -5.49. The number of Topliss-reactive ketones (excluding diaryl/α,β-unsaturated/α-hetero) is 2. The Kier molecular flexibility index (Phi) is 5.66. The van der Waals surface area contributed by atoms with Crippen molar-refractivity contribution in [1.82, 2.24) is 0 Å². The van der Waals surface area contributed by atoms with Crippen LogP contribution in [-0.2, 0) is 19.1 Å². The zero-order valence-electron chi connectivity index (χ0n) is 20.1. The second-order valence-corrected chi connectivity index (χ2v) is 10.2. The van der Waals surface area contributed by atoms with E-state index in [1.165, 1.54) is 36.4 Å². The van der Waals surface area contributed by atoms with Crippen molar-refractivity contribution < 1.29 is 33.4 Å². The molecule has 0 unspecified atom stereocenters. The van der Waals surface area contributed by atoms with Crippen molar-refractivity contribution >= 4 is 51.0 Å². The molecule has 2 aliphatic heterocycles. The summed E-state index contributed by atoms with van der Waals surface area (Å²) >= 11 is 3.38. The standard InChI is InChI=1S/C29H20BrNO7/c1-2-37-28(36)16-9-13-18(14-10-16)31-26(34)21-22(27(31)35)29(38-23(21)15-7-11-17(30)12-8-15)24(32)19-5-3-4-6-20(19)25(29)33/h3-14,21-23H,2H2,1H3/t21-,22-,23+/m0/s1. The lowest BCUT2D eigenvalue weighted by Gasteiger charge is -2.27. The van der Waals surface area contributed by atoms with Gasteiger partial charge in [-0.2, -0.15) is 0 Å². The Hall–Kier alpha value is -3.95. The molecule has 3 aliphatic rings. The minimum atomic E-state index is -2.14. The largest absolute Gasteiger partial charge is 0.462 e. The molecule has 0 bridgehead atoms. The maximum Gasteiger partial charge on any atom is 0.338 e.